The van der Waals surface area contributed by atoms with Gasteiger partial charge in [-0.05, 0) is 68.8 Å². The number of sulfone groups is 1. The van der Waals surface area contributed by atoms with Gasteiger partial charge in [0.2, 0.25) is 21.2 Å². The van der Waals surface area contributed by atoms with E-state index in [0.29, 0.717) is 23.6 Å². The van der Waals surface area contributed by atoms with Gasteiger partial charge in [-0.25, -0.2) is 8.42 Å². The normalized spacial score (nSPS) is 11.4. The van der Waals surface area contributed by atoms with Crippen LogP contribution >= 0.6 is 0 Å². The molecule has 0 saturated heterocycles. The Bertz CT molecular complexity index is 1570. The molecule has 4 rings (SSSR count). The zero-order chi connectivity index (χ0) is 25.2. The summed E-state index contributed by atoms with van der Waals surface area (Å²) in [5.74, 6) is 0.195. The highest BCUT2D eigenvalue weighted by Gasteiger charge is 2.24. The summed E-state index contributed by atoms with van der Waals surface area (Å²) in [5.41, 5.74) is 2.25. The van der Waals surface area contributed by atoms with E-state index in [4.69, 9.17) is 4.74 Å². The lowest BCUT2D eigenvalue weighted by molar-refractivity contribution is -0.116. The average Bonchev–Trinajstić information content (AvgIpc) is 2.83. The number of hydrogen-bond acceptors (Lipinski definition) is 5. The molecule has 0 unspecified atom stereocenters. The van der Waals surface area contributed by atoms with Crippen molar-refractivity contribution in [2.75, 3.05) is 11.9 Å². The highest BCUT2D eigenvalue weighted by molar-refractivity contribution is 7.91. The van der Waals surface area contributed by atoms with Crippen molar-refractivity contribution in [3.63, 3.8) is 0 Å². The first-order valence-electron chi connectivity index (χ1n) is 11.2. The lowest BCUT2D eigenvalue weighted by Crippen LogP contribution is -2.24. The van der Waals surface area contributed by atoms with E-state index in [2.05, 4.69) is 5.32 Å². The molecule has 0 bridgehead atoms. The minimum Gasteiger partial charge on any atom is -0.494 e. The van der Waals surface area contributed by atoms with E-state index in [-0.39, 0.29) is 27.6 Å². The molecule has 0 spiro atoms. The molecule has 1 amide bonds. The number of aromatic nitrogens is 1. The average molecular weight is 491 g/mol. The second kappa shape index (κ2) is 9.76. The van der Waals surface area contributed by atoms with Crippen LogP contribution in [0.15, 0.2) is 87.5 Å². The van der Waals surface area contributed by atoms with Gasteiger partial charge in [-0.2, -0.15) is 0 Å². The Morgan fingerprint density at radius 3 is 2.40 bits per heavy atom. The third-order valence-corrected chi connectivity index (χ3v) is 7.43. The predicted octanol–water partition coefficient (Wildman–Crippen LogP) is 4.49. The number of benzene rings is 3. The van der Waals surface area contributed by atoms with Crippen LogP contribution in [0.3, 0.4) is 0 Å². The Labute approximate surface area is 203 Å². The first-order chi connectivity index (χ1) is 16.7. The first-order valence-corrected chi connectivity index (χ1v) is 12.7. The molecule has 4 aromatic rings. The fourth-order valence-corrected chi connectivity index (χ4v) is 5.24. The number of carbonyl (C=O) groups excluding carboxylic acids is 1. The largest absolute Gasteiger partial charge is 0.494 e. The van der Waals surface area contributed by atoms with Crippen molar-refractivity contribution in [1.29, 1.82) is 0 Å². The first kappa shape index (κ1) is 24.2. The lowest BCUT2D eigenvalue weighted by atomic mass is 10.1. The van der Waals surface area contributed by atoms with Gasteiger partial charge in [0.05, 0.1) is 17.0 Å². The molecule has 3 aromatic carbocycles. The number of nitrogens with zero attached hydrogens (tertiary/aromatic N) is 1. The van der Waals surface area contributed by atoms with Crippen LogP contribution in [-0.2, 0) is 21.2 Å². The monoisotopic (exact) mass is 490 g/mol. The summed E-state index contributed by atoms with van der Waals surface area (Å²) in [6, 6.07) is 18.5. The van der Waals surface area contributed by atoms with Crippen molar-refractivity contribution in [1.82, 2.24) is 4.57 Å². The van der Waals surface area contributed by atoms with Gasteiger partial charge in [-0.15, -0.1) is 0 Å². The molecule has 0 saturated carbocycles. The van der Waals surface area contributed by atoms with Crippen LogP contribution in [0.4, 0.5) is 5.69 Å². The van der Waals surface area contributed by atoms with Gasteiger partial charge in [0, 0.05) is 17.3 Å². The van der Waals surface area contributed by atoms with E-state index in [1.54, 1.807) is 30.3 Å². The zero-order valence-corrected chi connectivity index (χ0v) is 20.6. The van der Waals surface area contributed by atoms with Crippen molar-refractivity contribution in [2.24, 2.45) is 0 Å². The summed E-state index contributed by atoms with van der Waals surface area (Å²) >= 11 is 0. The summed E-state index contributed by atoms with van der Waals surface area (Å²) in [6.45, 7) is 5.82. The molecule has 35 heavy (non-hydrogen) atoms. The SMILES string of the molecule is CCOc1ccc(S(=O)(=O)c2cn(CC(=O)Nc3ccccc3C)c3ccc(C)cc3c2=O)cc1. The van der Waals surface area contributed by atoms with Crippen molar-refractivity contribution >= 4 is 32.3 Å². The van der Waals surface area contributed by atoms with Crippen LogP contribution in [0.5, 0.6) is 5.75 Å². The molecule has 7 nitrogen and oxygen atoms in total. The molecule has 1 heterocycles. The van der Waals surface area contributed by atoms with E-state index in [0.717, 1.165) is 11.1 Å². The lowest BCUT2D eigenvalue weighted by Gasteiger charge is -2.15. The minimum atomic E-state index is -4.15. The van der Waals surface area contributed by atoms with Gasteiger partial charge in [-0.1, -0.05) is 29.8 Å². The molecule has 180 valence electrons. The van der Waals surface area contributed by atoms with Gasteiger partial charge in [0.25, 0.3) is 0 Å². The van der Waals surface area contributed by atoms with Crippen molar-refractivity contribution in [3.8, 4) is 5.75 Å². The van der Waals surface area contributed by atoms with Gasteiger partial charge in [-0.3, -0.25) is 9.59 Å². The Balaban J connectivity index is 1.80. The molecule has 0 radical (unpaired) electrons. The number of rotatable bonds is 7. The maximum atomic E-state index is 13.5. The highest BCUT2D eigenvalue weighted by atomic mass is 32.2. The van der Waals surface area contributed by atoms with Crippen LogP contribution < -0.4 is 15.5 Å². The molecule has 0 atom stereocenters. The Hall–Kier alpha value is -3.91. The van der Waals surface area contributed by atoms with Gasteiger partial charge < -0.3 is 14.6 Å². The van der Waals surface area contributed by atoms with Crippen molar-refractivity contribution < 1.29 is 17.9 Å². The number of anilines is 1. The maximum Gasteiger partial charge on any atom is 0.244 e. The molecule has 1 N–H and O–H groups in total. The van der Waals surface area contributed by atoms with Crippen LogP contribution in [0.2, 0.25) is 0 Å². The number of carbonyl (C=O) groups is 1. The molecule has 0 aliphatic carbocycles. The Morgan fingerprint density at radius 1 is 1.00 bits per heavy atom. The molecule has 0 aliphatic heterocycles. The molecular formula is C27H26N2O5S. The fourth-order valence-electron chi connectivity index (χ4n) is 3.87. The number of para-hydroxylation sites is 1. The Morgan fingerprint density at radius 2 is 1.71 bits per heavy atom. The third kappa shape index (κ3) is 4.97. The van der Waals surface area contributed by atoms with E-state index < -0.39 is 15.3 Å². The van der Waals surface area contributed by atoms with Crippen LogP contribution in [0.25, 0.3) is 10.9 Å². The summed E-state index contributed by atoms with van der Waals surface area (Å²) in [7, 11) is -4.15. The molecule has 0 fully saturated rings. The summed E-state index contributed by atoms with van der Waals surface area (Å²) in [5, 5.41) is 3.09. The number of fused-ring (bicyclic) bond motifs is 1. The smallest absolute Gasteiger partial charge is 0.244 e. The van der Waals surface area contributed by atoms with Gasteiger partial charge >= 0.3 is 0 Å². The topological polar surface area (TPSA) is 94.5 Å². The van der Waals surface area contributed by atoms with Crippen LogP contribution in [0, 0.1) is 13.8 Å². The van der Waals surface area contributed by atoms with Gasteiger partial charge in [0.15, 0.2) is 0 Å². The number of aryl methyl sites for hydroxylation is 2. The van der Waals surface area contributed by atoms with E-state index in [1.165, 1.54) is 22.9 Å². The predicted molar refractivity (Wildman–Crippen MR) is 136 cm³/mol. The van der Waals surface area contributed by atoms with Gasteiger partial charge in [0.1, 0.15) is 17.2 Å². The molecule has 8 heteroatoms. The molecular weight excluding hydrogens is 464 g/mol. The summed E-state index contributed by atoms with van der Waals surface area (Å²) < 4.78 is 33.8. The van der Waals surface area contributed by atoms with Crippen molar-refractivity contribution in [3.05, 3.63) is 94.3 Å². The zero-order valence-electron chi connectivity index (χ0n) is 19.7. The number of hydrogen-bond donors (Lipinski definition) is 1. The van der Waals surface area contributed by atoms with E-state index in [1.807, 2.05) is 45.0 Å². The highest BCUT2D eigenvalue weighted by Crippen LogP contribution is 2.24. The molecule has 0 aliphatic rings. The second-order valence-electron chi connectivity index (χ2n) is 8.24. The standard InChI is InChI=1S/C27H26N2O5S/c1-4-34-20-10-12-21(13-11-20)35(32,33)25-16-29(24-14-9-18(2)15-22(24)27(25)31)17-26(30)28-23-8-6-5-7-19(23)3/h5-16H,4,17H2,1-3H3,(H,28,30). The Kier molecular flexibility index (Phi) is 6.75. The minimum absolute atomic E-state index is 0.0269. The maximum absolute atomic E-state index is 13.5. The van der Waals surface area contributed by atoms with Crippen LogP contribution in [-0.4, -0.2) is 25.5 Å². The number of amides is 1. The number of ether oxygens (including phenoxy) is 1. The van der Waals surface area contributed by atoms with Crippen molar-refractivity contribution in [2.45, 2.75) is 37.1 Å². The van der Waals surface area contributed by atoms with E-state index in [9.17, 15) is 18.0 Å². The number of nitrogens with one attached hydrogen (secondary N) is 1. The van der Waals surface area contributed by atoms with E-state index >= 15 is 0 Å². The fraction of sp³-hybridized carbons (Fsp3) is 0.185. The quantitative estimate of drug-likeness (QED) is 0.412. The summed E-state index contributed by atoms with van der Waals surface area (Å²) in [4.78, 5) is 25.8. The number of pyridine rings is 1. The van der Waals surface area contributed by atoms with Crippen LogP contribution in [0.1, 0.15) is 18.1 Å². The molecule has 1 aromatic heterocycles. The third-order valence-electron chi connectivity index (χ3n) is 5.67. The summed E-state index contributed by atoms with van der Waals surface area (Å²) in [6.07, 6.45) is 1.25. The second-order valence-corrected chi connectivity index (χ2v) is 10.2.